The maximum Gasteiger partial charge on any atom is 0.265 e. The van der Waals surface area contributed by atoms with E-state index in [1.807, 2.05) is 6.07 Å². The van der Waals surface area contributed by atoms with Crippen LogP contribution in [0, 0.1) is 6.92 Å². The first kappa shape index (κ1) is 16.4. The van der Waals surface area contributed by atoms with Crippen LogP contribution in [0.5, 0.6) is 0 Å². The van der Waals surface area contributed by atoms with Gasteiger partial charge in [0.1, 0.15) is 4.90 Å². The first-order valence-corrected chi connectivity index (χ1v) is 8.78. The third-order valence-electron chi connectivity index (χ3n) is 2.82. The molecule has 0 radical (unpaired) electrons. The van der Waals surface area contributed by atoms with E-state index in [0.717, 1.165) is 10.0 Å². The van der Waals surface area contributed by atoms with E-state index < -0.39 is 10.0 Å². The second-order valence-electron chi connectivity index (χ2n) is 4.32. The number of nitrogen functional groups attached to an aromatic ring is 1. The molecule has 0 aromatic heterocycles. The summed E-state index contributed by atoms with van der Waals surface area (Å²) < 4.78 is 28.2. The normalized spacial score (nSPS) is 11.4. The van der Waals surface area contributed by atoms with E-state index in [0.29, 0.717) is 5.69 Å². The van der Waals surface area contributed by atoms with Crippen molar-refractivity contribution in [2.75, 3.05) is 10.5 Å². The lowest BCUT2D eigenvalue weighted by atomic mass is 10.2. The first-order valence-electron chi connectivity index (χ1n) is 5.75. The van der Waals surface area contributed by atoms with Gasteiger partial charge in [0.25, 0.3) is 10.0 Å². The van der Waals surface area contributed by atoms with Gasteiger partial charge in [-0.05, 0) is 36.8 Å². The summed E-state index contributed by atoms with van der Waals surface area (Å²) in [5, 5.41) is 0.246. The number of sulfonamides is 1. The van der Waals surface area contributed by atoms with Crippen LogP contribution in [0.2, 0.25) is 10.0 Å². The molecule has 0 unspecified atom stereocenters. The van der Waals surface area contributed by atoms with Crippen molar-refractivity contribution in [1.29, 1.82) is 0 Å². The molecular weight excluding hydrogens is 399 g/mol. The van der Waals surface area contributed by atoms with Gasteiger partial charge in [0.15, 0.2) is 0 Å². The molecule has 0 heterocycles. The minimum absolute atomic E-state index is 0.00681. The predicted octanol–water partition coefficient (Wildman–Crippen LogP) is 4.45. The van der Waals surface area contributed by atoms with E-state index in [2.05, 4.69) is 20.7 Å². The Balaban J connectivity index is 2.51. The van der Waals surface area contributed by atoms with Crippen LogP contribution in [-0.4, -0.2) is 8.42 Å². The van der Waals surface area contributed by atoms with Crippen LogP contribution in [0.15, 0.2) is 39.7 Å². The number of benzene rings is 2. The van der Waals surface area contributed by atoms with E-state index >= 15 is 0 Å². The maximum atomic E-state index is 12.5. The van der Waals surface area contributed by atoms with Gasteiger partial charge < -0.3 is 5.73 Å². The summed E-state index contributed by atoms with van der Waals surface area (Å²) >= 11 is 15.1. The molecule has 0 atom stereocenters. The van der Waals surface area contributed by atoms with Gasteiger partial charge in [-0.25, -0.2) is 8.42 Å². The molecule has 0 saturated heterocycles. The Morgan fingerprint density at radius 3 is 2.52 bits per heavy atom. The van der Waals surface area contributed by atoms with Crippen molar-refractivity contribution in [3.8, 4) is 0 Å². The lowest BCUT2D eigenvalue weighted by Gasteiger charge is -2.14. The van der Waals surface area contributed by atoms with Gasteiger partial charge in [-0.3, -0.25) is 4.72 Å². The molecule has 0 aliphatic carbocycles. The topological polar surface area (TPSA) is 72.2 Å². The summed E-state index contributed by atoms with van der Waals surface area (Å²) in [6.07, 6.45) is 0. The van der Waals surface area contributed by atoms with Crippen LogP contribution in [0.25, 0.3) is 0 Å². The zero-order valence-electron chi connectivity index (χ0n) is 10.8. The van der Waals surface area contributed by atoms with E-state index in [1.54, 1.807) is 19.1 Å². The smallest absolute Gasteiger partial charge is 0.265 e. The molecule has 8 heteroatoms. The second kappa shape index (κ2) is 6.04. The molecule has 0 bridgehead atoms. The van der Waals surface area contributed by atoms with Crippen molar-refractivity contribution in [2.24, 2.45) is 0 Å². The minimum Gasteiger partial charge on any atom is -0.398 e. The molecule has 4 nitrogen and oxygen atoms in total. The Hall–Kier alpha value is -0.950. The second-order valence-corrected chi connectivity index (χ2v) is 7.64. The highest BCUT2D eigenvalue weighted by atomic mass is 79.9. The fourth-order valence-corrected chi connectivity index (χ4v) is 4.26. The van der Waals surface area contributed by atoms with E-state index in [-0.39, 0.29) is 20.6 Å². The molecule has 0 saturated carbocycles. The molecule has 3 N–H and O–H groups in total. The van der Waals surface area contributed by atoms with Crippen LogP contribution in [0.3, 0.4) is 0 Å². The fourth-order valence-electron chi connectivity index (χ4n) is 1.78. The van der Waals surface area contributed by atoms with Crippen molar-refractivity contribution in [3.63, 3.8) is 0 Å². The molecule has 0 spiro atoms. The Kier molecular flexibility index (Phi) is 4.72. The van der Waals surface area contributed by atoms with Crippen LogP contribution in [-0.2, 0) is 10.0 Å². The Labute approximate surface area is 141 Å². The number of halogens is 3. The molecule has 0 fully saturated rings. The minimum atomic E-state index is -3.92. The van der Waals surface area contributed by atoms with Crippen LogP contribution < -0.4 is 10.5 Å². The highest BCUT2D eigenvalue weighted by Crippen LogP contribution is 2.33. The SMILES string of the molecule is Cc1c(Br)cccc1NS(=O)(=O)c1c(N)cc(Cl)cc1Cl. The zero-order valence-corrected chi connectivity index (χ0v) is 14.7. The van der Waals surface area contributed by atoms with E-state index in [1.165, 1.54) is 12.1 Å². The summed E-state index contributed by atoms with van der Waals surface area (Å²) in [5.41, 5.74) is 6.92. The van der Waals surface area contributed by atoms with Crippen molar-refractivity contribution in [2.45, 2.75) is 11.8 Å². The molecule has 0 amide bonds. The first-order chi connectivity index (χ1) is 9.72. The number of rotatable bonds is 3. The van der Waals surface area contributed by atoms with Crippen LogP contribution in [0.4, 0.5) is 11.4 Å². The molecule has 0 aliphatic heterocycles. The Morgan fingerprint density at radius 1 is 1.24 bits per heavy atom. The van der Waals surface area contributed by atoms with Gasteiger partial charge in [0.2, 0.25) is 0 Å². The van der Waals surface area contributed by atoms with Gasteiger partial charge in [-0.2, -0.15) is 0 Å². The largest absolute Gasteiger partial charge is 0.398 e. The monoisotopic (exact) mass is 408 g/mol. The average Bonchev–Trinajstić information content (AvgIpc) is 2.33. The summed E-state index contributed by atoms with van der Waals surface area (Å²) in [6.45, 7) is 1.79. The molecule has 2 rings (SSSR count). The van der Waals surface area contributed by atoms with Crippen LogP contribution in [0.1, 0.15) is 5.56 Å². The average molecular weight is 410 g/mol. The third kappa shape index (κ3) is 3.45. The van der Waals surface area contributed by atoms with Gasteiger partial charge in [-0.15, -0.1) is 0 Å². The number of nitrogens with one attached hydrogen (secondary N) is 1. The van der Waals surface area contributed by atoms with Gasteiger partial charge in [0.05, 0.1) is 16.4 Å². The number of anilines is 2. The molecule has 21 heavy (non-hydrogen) atoms. The zero-order chi connectivity index (χ0) is 15.8. The number of hydrogen-bond acceptors (Lipinski definition) is 3. The summed E-state index contributed by atoms with van der Waals surface area (Å²) in [5.74, 6) is 0. The van der Waals surface area contributed by atoms with Gasteiger partial charge >= 0.3 is 0 Å². The lowest BCUT2D eigenvalue weighted by Crippen LogP contribution is -2.16. The standard InChI is InChI=1S/C13H11BrCl2N2O2S/c1-7-9(14)3-2-4-12(7)18-21(19,20)13-10(16)5-8(15)6-11(13)17/h2-6,18H,17H2,1H3. The van der Waals surface area contributed by atoms with Gasteiger partial charge in [0, 0.05) is 9.50 Å². The fraction of sp³-hybridized carbons (Fsp3) is 0.0769. The molecule has 112 valence electrons. The van der Waals surface area contributed by atoms with Crippen molar-refractivity contribution in [1.82, 2.24) is 0 Å². The molecule has 2 aromatic rings. The molecule has 2 aromatic carbocycles. The third-order valence-corrected chi connectivity index (χ3v) is 5.79. The number of nitrogens with two attached hydrogens (primary N) is 1. The molecular formula is C13H11BrCl2N2O2S. The summed E-state index contributed by atoms with van der Waals surface area (Å²) in [7, 11) is -3.92. The predicted molar refractivity (Wildman–Crippen MR) is 90.6 cm³/mol. The summed E-state index contributed by atoms with van der Waals surface area (Å²) in [4.78, 5) is -0.187. The number of hydrogen-bond donors (Lipinski definition) is 2. The van der Waals surface area contributed by atoms with E-state index in [9.17, 15) is 8.42 Å². The highest BCUT2D eigenvalue weighted by molar-refractivity contribution is 9.10. The maximum absolute atomic E-state index is 12.5. The van der Waals surface area contributed by atoms with Crippen LogP contribution >= 0.6 is 39.1 Å². The van der Waals surface area contributed by atoms with Gasteiger partial charge in [-0.1, -0.05) is 45.2 Å². The summed E-state index contributed by atoms with van der Waals surface area (Å²) in [6, 6.07) is 7.87. The highest BCUT2D eigenvalue weighted by Gasteiger charge is 2.23. The molecule has 0 aliphatic rings. The van der Waals surface area contributed by atoms with E-state index in [4.69, 9.17) is 28.9 Å². The van der Waals surface area contributed by atoms with Crippen molar-refractivity contribution in [3.05, 3.63) is 50.4 Å². The van der Waals surface area contributed by atoms with Crippen molar-refractivity contribution >= 4 is 60.5 Å². The quantitative estimate of drug-likeness (QED) is 0.735. The Bertz CT molecular complexity index is 787. The Morgan fingerprint density at radius 2 is 1.90 bits per heavy atom. The lowest BCUT2D eigenvalue weighted by molar-refractivity contribution is 0.601. The van der Waals surface area contributed by atoms with Crippen molar-refractivity contribution < 1.29 is 8.42 Å².